The highest BCUT2D eigenvalue weighted by atomic mass is 16.5. The molecular weight excluding hydrogens is 306 g/mol. The van der Waals surface area contributed by atoms with Crippen molar-refractivity contribution in [2.24, 2.45) is 0 Å². The van der Waals surface area contributed by atoms with Crippen molar-refractivity contribution in [1.29, 1.82) is 0 Å². The molecule has 0 unspecified atom stereocenters. The molecule has 3 rings (SSSR count). The lowest BCUT2D eigenvalue weighted by Gasteiger charge is -2.09. The van der Waals surface area contributed by atoms with Crippen LogP contribution in [-0.2, 0) is 4.74 Å². The summed E-state index contributed by atoms with van der Waals surface area (Å²) in [5, 5.41) is 3.98. The summed E-state index contributed by atoms with van der Waals surface area (Å²) in [6, 6.07) is 7.77. The number of rotatable bonds is 4. The highest BCUT2D eigenvalue weighted by Gasteiger charge is 2.13. The predicted octanol–water partition coefficient (Wildman–Crippen LogP) is 2.96. The third-order valence-corrected chi connectivity index (χ3v) is 3.49. The highest BCUT2D eigenvalue weighted by molar-refractivity contribution is 5.90. The van der Waals surface area contributed by atoms with E-state index < -0.39 is 5.97 Å². The number of ether oxygens (including phenoxy) is 1. The van der Waals surface area contributed by atoms with Crippen LogP contribution in [0.5, 0.6) is 0 Å². The standard InChI is InChI=1S/C17H17N5O2/c1-4-24-15(23)13-9-18-16(19-11(13)3)22-17-20-10(2)12-7-5-6-8-14(12)21-17/h5-9H,4H2,1-3H3,(H,18,19,20,21,22). The number of carbonyl (C=O) groups is 1. The molecule has 0 atom stereocenters. The van der Waals surface area contributed by atoms with Gasteiger partial charge in [0.25, 0.3) is 0 Å². The summed E-state index contributed by atoms with van der Waals surface area (Å²) in [6.07, 6.45) is 1.44. The minimum atomic E-state index is -0.431. The normalized spacial score (nSPS) is 10.6. The van der Waals surface area contributed by atoms with E-state index in [0.717, 1.165) is 16.6 Å². The van der Waals surface area contributed by atoms with Crippen LogP contribution in [0.4, 0.5) is 11.9 Å². The number of carbonyl (C=O) groups excluding carboxylic acids is 1. The first-order chi connectivity index (χ1) is 11.6. The second-order valence-corrected chi connectivity index (χ2v) is 5.19. The first-order valence-corrected chi connectivity index (χ1v) is 7.59. The summed E-state index contributed by atoms with van der Waals surface area (Å²) >= 11 is 0. The van der Waals surface area contributed by atoms with Crippen LogP contribution in [0.25, 0.3) is 10.9 Å². The Hall–Kier alpha value is -3.09. The number of fused-ring (bicyclic) bond motifs is 1. The molecule has 1 aromatic carbocycles. The van der Waals surface area contributed by atoms with E-state index in [0.29, 0.717) is 29.8 Å². The van der Waals surface area contributed by atoms with Crippen molar-refractivity contribution in [3.05, 3.63) is 47.4 Å². The Morgan fingerprint density at radius 3 is 2.58 bits per heavy atom. The van der Waals surface area contributed by atoms with Gasteiger partial charge in [-0.05, 0) is 26.8 Å². The molecule has 1 N–H and O–H groups in total. The Labute approximate surface area is 139 Å². The molecule has 0 spiro atoms. The average molecular weight is 323 g/mol. The van der Waals surface area contributed by atoms with Gasteiger partial charge in [-0.3, -0.25) is 5.32 Å². The number of hydrogen-bond acceptors (Lipinski definition) is 7. The molecule has 0 amide bonds. The molecule has 0 saturated heterocycles. The van der Waals surface area contributed by atoms with Crippen molar-refractivity contribution in [2.45, 2.75) is 20.8 Å². The zero-order valence-corrected chi connectivity index (χ0v) is 13.7. The van der Waals surface area contributed by atoms with Gasteiger partial charge in [0.05, 0.1) is 29.1 Å². The minimum absolute atomic E-state index is 0.308. The molecular formula is C17H17N5O2. The van der Waals surface area contributed by atoms with Crippen LogP contribution in [0, 0.1) is 13.8 Å². The van der Waals surface area contributed by atoms with Crippen LogP contribution in [-0.4, -0.2) is 32.5 Å². The summed E-state index contributed by atoms with van der Waals surface area (Å²) in [7, 11) is 0. The number of aromatic nitrogens is 4. The topological polar surface area (TPSA) is 89.9 Å². The molecule has 0 aliphatic carbocycles. The van der Waals surface area contributed by atoms with Gasteiger partial charge in [0.1, 0.15) is 0 Å². The van der Waals surface area contributed by atoms with Gasteiger partial charge >= 0.3 is 5.97 Å². The van der Waals surface area contributed by atoms with Gasteiger partial charge in [0.2, 0.25) is 11.9 Å². The van der Waals surface area contributed by atoms with Gasteiger partial charge in [-0.1, -0.05) is 18.2 Å². The summed E-state index contributed by atoms with van der Waals surface area (Å²) in [5.74, 6) is 0.309. The maximum Gasteiger partial charge on any atom is 0.341 e. The molecule has 0 aliphatic rings. The first kappa shape index (κ1) is 15.8. The fraction of sp³-hybridized carbons (Fsp3) is 0.235. The number of hydrogen-bond donors (Lipinski definition) is 1. The lowest BCUT2D eigenvalue weighted by molar-refractivity contribution is 0.0524. The van der Waals surface area contributed by atoms with E-state index in [1.807, 2.05) is 31.2 Å². The molecule has 0 fully saturated rings. The highest BCUT2D eigenvalue weighted by Crippen LogP contribution is 2.18. The number of anilines is 2. The van der Waals surface area contributed by atoms with Crippen molar-refractivity contribution in [1.82, 2.24) is 19.9 Å². The maximum absolute atomic E-state index is 11.8. The minimum Gasteiger partial charge on any atom is -0.462 e. The smallest absolute Gasteiger partial charge is 0.341 e. The molecule has 0 bridgehead atoms. The summed E-state index contributed by atoms with van der Waals surface area (Å²) in [5.41, 5.74) is 2.58. The van der Waals surface area contributed by atoms with Crippen molar-refractivity contribution in [3.63, 3.8) is 0 Å². The molecule has 122 valence electrons. The fourth-order valence-corrected chi connectivity index (χ4v) is 2.33. The zero-order chi connectivity index (χ0) is 17.1. The Kier molecular flexibility index (Phi) is 4.33. The largest absolute Gasteiger partial charge is 0.462 e. The Morgan fingerprint density at radius 1 is 1.08 bits per heavy atom. The Bertz CT molecular complexity index is 911. The molecule has 0 radical (unpaired) electrons. The van der Waals surface area contributed by atoms with Gasteiger partial charge < -0.3 is 4.74 Å². The number of esters is 1. The van der Waals surface area contributed by atoms with Gasteiger partial charge in [-0.15, -0.1) is 0 Å². The molecule has 7 nitrogen and oxygen atoms in total. The van der Waals surface area contributed by atoms with E-state index in [1.165, 1.54) is 6.20 Å². The molecule has 24 heavy (non-hydrogen) atoms. The van der Waals surface area contributed by atoms with Crippen LogP contribution in [0.1, 0.15) is 28.7 Å². The van der Waals surface area contributed by atoms with E-state index in [4.69, 9.17) is 4.74 Å². The van der Waals surface area contributed by atoms with Crippen LogP contribution in [0.2, 0.25) is 0 Å². The SMILES string of the molecule is CCOC(=O)c1cnc(Nc2nc(C)c3ccccc3n2)nc1C. The van der Waals surface area contributed by atoms with E-state index >= 15 is 0 Å². The molecule has 0 saturated carbocycles. The van der Waals surface area contributed by atoms with Crippen LogP contribution >= 0.6 is 0 Å². The second kappa shape index (κ2) is 6.57. The summed E-state index contributed by atoms with van der Waals surface area (Å²) in [6.45, 7) is 5.71. The van der Waals surface area contributed by atoms with E-state index in [2.05, 4.69) is 25.3 Å². The van der Waals surface area contributed by atoms with Crippen molar-refractivity contribution in [3.8, 4) is 0 Å². The van der Waals surface area contributed by atoms with Gasteiger partial charge in [-0.25, -0.2) is 24.7 Å². The number of nitrogens with one attached hydrogen (secondary N) is 1. The number of nitrogens with zero attached hydrogens (tertiary/aromatic N) is 4. The van der Waals surface area contributed by atoms with Crippen molar-refractivity contribution < 1.29 is 9.53 Å². The van der Waals surface area contributed by atoms with Crippen molar-refractivity contribution >= 4 is 28.8 Å². The van der Waals surface area contributed by atoms with Crippen LogP contribution in [0.15, 0.2) is 30.5 Å². The first-order valence-electron chi connectivity index (χ1n) is 7.59. The Morgan fingerprint density at radius 2 is 1.83 bits per heavy atom. The van der Waals surface area contributed by atoms with Crippen molar-refractivity contribution in [2.75, 3.05) is 11.9 Å². The number of benzene rings is 1. The van der Waals surface area contributed by atoms with E-state index in [-0.39, 0.29) is 0 Å². The fourth-order valence-electron chi connectivity index (χ4n) is 2.33. The monoisotopic (exact) mass is 323 g/mol. The zero-order valence-electron chi connectivity index (χ0n) is 13.7. The maximum atomic E-state index is 11.8. The van der Waals surface area contributed by atoms with Gasteiger partial charge in [-0.2, -0.15) is 0 Å². The van der Waals surface area contributed by atoms with Crippen LogP contribution in [0.3, 0.4) is 0 Å². The summed E-state index contributed by atoms with van der Waals surface area (Å²) < 4.78 is 4.97. The average Bonchev–Trinajstić information content (AvgIpc) is 2.55. The van der Waals surface area contributed by atoms with E-state index in [1.54, 1.807) is 13.8 Å². The predicted molar refractivity (Wildman–Crippen MR) is 90.3 cm³/mol. The lowest BCUT2D eigenvalue weighted by Crippen LogP contribution is -2.10. The number of aryl methyl sites for hydroxylation is 2. The number of para-hydroxylation sites is 1. The Balaban J connectivity index is 1.89. The van der Waals surface area contributed by atoms with E-state index in [9.17, 15) is 4.79 Å². The second-order valence-electron chi connectivity index (χ2n) is 5.19. The van der Waals surface area contributed by atoms with Gasteiger partial charge in [0, 0.05) is 11.6 Å². The quantitative estimate of drug-likeness (QED) is 0.738. The molecule has 3 aromatic rings. The third-order valence-electron chi connectivity index (χ3n) is 3.49. The molecule has 2 heterocycles. The third kappa shape index (κ3) is 3.15. The lowest BCUT2D eigenvalue weighted by atomic mass is 10.2. The molecule has 0 aliphatic heterocycles. The molecule has 7 heteroatoms. The molecule has 2 aromatic heterocycles. The van der Waals surface area contributed by atoms with Crippen LogP contribution < -0.4 is 5.32 Å². The summed E-state index contributed by atoms with van der Waals surface area (Å²) in [4.78, 5) is 29.1. The van der Waals surface area contributed by atoms with Gasteiger partial charge in [0.15, 0.2) is 0 Å².